The number of nitro groups is 1. The van der Waals surface area contributed by atoms with E-state index in [4.69, 9.17) is 4.74 Å². The van der Waals surface area contributed by atoms with Gasteiger partial charge in [0.2, 0.25) is 0 Å². The second-order valence-corrected chi connectivity index (χ2v) is 4.23. The highest BCUT2D eigenvalue weighted by molar-refractivity contribution is 9.09. The second kappa shape index (κ2) is 4.70. The van der Waals surface area contributed by atoms with Crippen LogP contribution in [0.15, 0.2) is 18.2 Å². The Balaban J connectivity index is 2.40. The van der Waals surface area contributed by atoms with E-state index in [0.29, 0.717) is 23.3 Å². The maximum absolute atomic E-state index is 11.6. The number of hydrogen-bond donors (Lipinski definition) is 0. The lowest BCUT2D eigenvalue weighted by atomic mass is 10.2. The van der Waals surface area contributed by atoms with Crippen LogP contribution in [0.25, 0.3) is 0 Å². The Morgan fingerprint density at radius 2 is 2.29 bits per heavy atom. The topological polar surface area (TPSA) is 72.7 Å². The van der Waals surface area contributed by atoms with Crippen LogP contribution in [0.1, 0.15) is 0 Å². The van der Waals surface area contributed by atoms with Crippen LogP contribution in [0.4, 0.5) is 11.4 Å². The van der Waals surface area contributed by atoms with Gasteiger partial charge in [0.05, 0.1) is 16.7 Å². The van der Waals surface area contributed by atoms with Crippen molar-refractivity contribution in [2.75, 3.05) is 23.4 Å². The van der Waals surface area contributed by atoms with E-state index >= 15 is 0 Å². The van der Waals surface area contributed by atoms with Gasteiger partial charge < -0.3 is 9.64 Å². The number of ether oxygens (including phenoxy) is 1. The predicted octanol–water partition coefficient (Wildman–Crippen LogP) is 1.72. The summed E-state index contributed by atoms with van der Waals surface area (Å²) in [5.41, 5.74) is 0.531. The van der Waals surface area contributed by atoms with Gasteiger partial charge in [0, 0.05) is 17.9 Å². The van der Waals surface area contributed by atoms with Gasteiger partial charge in [-0.1, -0.05) is 15.9 Å². The van der Waals surface area contributed by atoms with Crippen LogP contribution in [0, 0.1) is 10.1 Å². The van der Waals surface area contributed by atoms with Gasteiger partial charge >= 0.3 is 0 Å². The number of anilines is 1. The molecule has 0 aromatic heterocycles. The average molecular weight is 301 g/mol. The number of amides is 1. The first kappa shape index (κ1) is 11.8. The van der Waals surface area contributed by atoms with E-state index in [0.717, 1.165) is 0 Å². The molecule has 2 rings (SSSR count). The summed E-state index contributed by atoms with van der Waals surface area (Å²) in [5.74, 6) is 0.227. The predicted molar refractivity (Wildman–Crippen MR) is 64.7 cm³/mol. The van der Waals surface area contributed by atoms with Crippen LogP contribution in [0.2, 0.25) is 0 Å². The molecule has 7 heteroatoms. The van der Waals surface area contributed by atoms with Gasteiger partial charge in [0.1, 0.15) is 0 Å². The number of alkyl halides is 1. The smallest absolute Gasteiger partial charge is 0.273 e. The third kappa shape index (κ3) is 2.23. The third-order valence-electron chi connectivity index (χ3n) is 2.41. The molecule has 0 saturated heterocycles. The molecule has 1 amide bonds. The SMILES string of the molecule is O=C1COc2cc([N+](=O)[O-])ccc2N1CCBr. The van der Waals surface area contributed by atoms with Crippen molar-refractivity contribution in [2.24, 2.45) is 0 Å². The van der Waals surface area contributed by atoms with E-state index in [1.165, 1.54) is 18.2 Å². The Morgan fingerprint density at radius 1 is 1.53 bits per heavy atom. The average Bonchev–Trinajstić information content (AvgIpc) is 2.32. The minimum Gasteiger partial charge on any atom is -0.481 e. The maximum atomic E-state index is 11.6. The highest BCUT2D eigenvalue weighted by Crippen LogP contribution is 2.34. The first-order valence-corrected chi connectivity index (χ1v) is 6.03. The molecule has 1 aromatic rings. The highest BCUT2D eigenvalue weighted by atomic mass is 79.9. The minimum atomic E-state index is -0.491. The van der Waals surface area contributed by atoms with E-state index in [1.54, 1.807) is 4.90 Å². The summed E-state index contributed by atoms with van der Waals surface area (Å²) in [6, 6.07) is 4.23. The minimum absolute atomic E-state index is 0.0445. The van der Waals surface area contributed by atoms with Gasteiger partial charge in [-0.3, -0.25) is 14.9 Å². The Bertz CT molecular complexity index is 477. The zero-order valence-corrected chi connectivity index (χ0v) is 10.3. The Hall–Kier alpha value is -1.63. The van der Waals surface area contributed by atoms with Gasteiger partial charge in [-0.25, -0.2) is 0 Å². The molecule has 1 aliphatic heterocycles. The highest BCUT2D eigenvalue weighted by Gasteiger charge is 2.26. The molecule has 0 bridgehead atoms. The number of carbonyl (C=O) groups excluding carboxylic acids is 1. The lowest BCUT2D eigenvalue weighted by molar-refractivity contribution is -0.384. The number of nitrogens with zero attached hydrogens (tertiary/aromatic N) is 2. The molecular formula is C10H9BrN2O4. The number of benzene rings is 1. The number of nitro benzene ring substituents is 1. The molecule has 0 N–H and O–H groups in total. The Kier molecular flexibility index (Phi) is 3.28. The van der Waals surface area contributed by atoms with Crippen molar-refractivity contribution >= 4 is 33.2 Å². The number of fused-ring (bicyclic) bond motifs is 1. The Labute approximate surface area is 105 Å². The monoisotopic (exact) mass is 300 g/mol. The normalized spacial score (nSPS) is 14.2. The fourth-order valence-electron chi connectivity index (χ4n) is 1.64. The number of halogens is 1. The van der Waals surface area contributed by atoms with E-state index in [1.807, 2.05) is 0 Å². The molecule has 90 valence electrons. The summed E-state index contributed by atoms with van der Waals surface area (Å²) < 4.78 is 5.19. The van der Waals surface area contributed by atoms with E-state index in [9.17, 15) is 14.9 Å². The number of non-ortho nitro benzene ring substituents is 1. The zero-order valence-electron chi connectivity index (χ0n) is 8.76. The van der Waals surface area contributed by atoms with Gasteiger partial charge in [-0.05, 0) is 6.07 Å². The third-order valence-corrected chi connectivity index (χ3v) is 2.76. The van der Waals surface area contributed by atoms with Crippen LogP contribution < -0.4 is 9.64 Å². The fraction of sp³-hybridized carbons (Fsp3) is 0.300. The van der Waals surface area contributed by atoms with Crippen LogP contribution in [0.5, 0.6) is 5.75 Å². The lowest BCUT2D eigenvalue weighted by Gasteiger charge is -2.28. The van der Waals surface area contributed by atoms with E-state index in [-0.39, 0.29) is 18.2 Å². The molecule has 0 saturated carbocycles. The van der Waals surface area contributed by atoms with Crippen LogP contribution in [-0.2, 0) is 4.79 Å². The molecule has 17 heavy (non-hydrogen) atoms. The first-order valence-electron chi connectivity index (χ1n) is 4.91. The Morgan fingerprint density at radius 3 is 2.94 bits per heavy atom. The number of carbonyl (C=O) groups is 1. The van der Waals surface area contributed by atoms with Crippen LogP contribution in [0.3, 0.4) is 0 Å². The fourth-order valence-corrected chi connectivity index (χ4v) is 1.99. The first-order chi connectivity index (χ1) is 8.13. The standard InChI is InChI=1S/C10H9BrN2O4/c11-3-4-12-8-2-1-7(13(15)16)5-9(8)17-6-10(12)14/h1-2,5H,3-4,6H2. The van der Waals surface area contributed by atoms with Crippen molar-refractivity contribution in [1.29, 1.82) is 0 Å². The summed E-state index contributed by atoms with van der Waals surface area (Å²) in [7, 11) is 0. The summed E-state index contributed by atoms with van der Waals surface area (Å²) in [6.07, 6.45) is 0. The van der Waals surface area contributed by atoms with E-state index in [2.05, 4.69) is 15.9 Å². The van der Waals surface area contributed by atoms with Crippen molar-refractivity contribution in [2.45, 2.75) is 0 Å². The molecule has 0 unspecified atom stereocenters. The summed E-state index contributed by atoms with van der Waals surface area (Å²) in [4.78, 5) is 23.3. The molecule has 6 nitrogen and oxygen atoms in total. The quantitative estimate of drug-likeness (QED) is 0.484. The maximum Gasteiger partial charge on any atom is 0.273 e. The molecule has 0 atom stereocenters. The van der Waals surface area contributed by atoms with Crippen LogP contribution in [-0.4, -0.2) is 29.3 Å². The van der Waals surface area contributed by atoms with Gasteiger partial charge in [-0.15, -0.1) is 0 Å². The van der Waals surface area contributed by atoms with Crippen molar-refractivity contribution < 1.29 is 14.5 Å². The lowest BCUT2D eigenvalue weighted by Crippen LogP contribution is -2.39. The second-order valence-electron chi connectivity index (χ2n) is 3.43. The molecule has 0 spiro atoms. The van der Waals surface area contributed by atoms with Crippen molar-refractivity contribution in [3.05, 3.63) is 28.3 Å². The van der Waals surface area contributed by atoms with Crippen molar-refractivity contribution in [3.8, 4) is 5.75 Å². The zero-order chi connectivity index (χ0) is 12.4. The molecule has 0 radical (unpaired) electrons. The molecule has 1 aliphatic rings. The largest absolute Gasteiger partial charge is 0.481 e. The number of rotatable bonds is 3. The molecule has 1 heterocycles. The molecular weight excluding hydrogens is 292 g/mol. The summed E-state index contributed by atoms with van der Waals surface area (Å²) in [6.45, 7) is 0.425. The molecule has 0 fully saturated rings. The van der Waals surface area contributed by atoms with Crippen LogP contribution >= 0.6 is 15.9 Å². The van der Waals surface area contributed by atoms with Crippen molar-refractivity contribution in [3.63, 3.8) is 0 Å². The van der Waals surface area contributed by atoms with Gasteiger partial charge in [0.15, 0.2) is 12.4 Å². The van der Waals surface area contributed by atoms with Crippen molar-refractivity contribution in [1.82, 2.24) is 0 Å². The van der Waals surface area contributed by atoms with Gasteiger partial charge in [0.25, 0.3) is 11.6 Å². The molecule has 1 aromatic carbocycles. The summed E-state index contributed by atoms with van der Waals surface area (Å²) in [5, 5.41) is 11.3. The van der Waals surface area contributed by atoms with E-state index < -0.39 is 4.92 Å². The van der Waals surface area contributed by atoms with Gasteiger partial charge in [-0.2, -0.15) is 0 Å². The summed E-state index contributed by atoms with van der Waals surface area (Å²) >= 11 is 3.26. The molecule has 0 aliphatic carbocycles. The number of hydrogen-bond acceptors (Lipinski definition) is 4.